The molecule has 5 heteroatoms. The molecule has 2 aliphatic heterocycles. The molecule has 25 heavy (non-hydrogen) atoms. The second-order valence-corrected chi connectivity index (χ2v) is 8.21. The van der Waals surface area contributed by atoms with Gasteiger partial charge in [-0.25, -0.2) is 0 Å². The van der Waals surface area contributed by atoms with Crippen molar-refractivity contribution in [1.29, 1.82) is 0 Å². The normalized spacial score (nSPS) is 22.2. The van der Waals surface area contributed by atoms with Gasteiger partial charge in [0.2, 0.25) is 5.91 Å². The van der Waals surface area contributed by atoms with Crippen LogP contribution in [0.1, 0.15) is 50.5 Å². The third-order valence-electron chi connectivity index (χ3n) is 4.90. The Morgan fingerprint density at radius 1 is 1.32 bits per heavy atom. The van der Waals surface area contributed by atoms with Gasteiger partial charge in [0.05, 0.1) is 0 Å². The van der Waals surface area contributed by atoms with Gasteiger partial charge in [-0.2, -0.15) is 0 Å². The lowest BCUT2D eigenvalue weighted by molar-refractivity contribution is -0.140. The molecule has 1 fully saturated rings. The average molecular weight is 344 g/mol. The molecule has 136 valence electrons. The summed E-state index contributed by atoms with van der Waals surface area (Å²) in [5, 5.41) is 0. The zero-order valence-corrected chi connectivity index (χ0v) is 15.8. The van der Waals surface area contributed by atoms with Crippen LogP contribution >= 0.6 is 0 Å². The van der Waals surface area contributed by atoms with Crippen molar-refractivity contribution in [3.05, 3.63) is 29.3 Å². The van der Waals surface area contributed by atoms with Crippen LogP contribution in [-0.2, 0) is 11.2 Å². The fraction of sp³-hybridized carbons (Fsp3) is 0.600. The minimum absolute atomic E-state index is 0.0407. The Labute approximate surface area is 149 Å². The fourth-order valence-electron chi connectivity index (χ4n) is 3.74. The van der Waals surface area contributed by atoms with E-state index in [2.05, 4.69) is 13.8 Å². The Kier molecular flexibility index (Phi) is 4.52. The predicted octanol–water partition coefficient (Wildman–Crippen LogP) is 2.73. The van der Waals surface area contributed by atoms with Crippen molar-refractivity contribution >= 4 is 11.8 Å². The topological polar surface area (TPSA) is 49.9 Å². The van der Waals surface area contributed by atoms with Gasteiger partial charge in [-0.1, -0.05) is 13.8 Å². The number of benzene rings is 1. The minimum Gasteiger partial charge on any atom is -0.487 e. The maximum absolute atomic E-state index is 13.0. The van der Waals surface area contributed by atoms with E-state index in [1.54, 1.807) is 11.0 Å². The van der Waals surface area contributed by atoms with E-state index in [1.807, 2.05) is 37.8 Å². The molecule has 1 atom stereocenters. The van der Waals surface area contributed by atoms with E-state index in [0.29, 0.717) is 24.6 Å². The number of rotatable bonds is 3. The summed E-state index contributed by atoms with van der Waals surface area (Å²) in [6.07, 6.45) is 0.792. The molecule has 1 aromatic rings. The zero-order chi connectivity index (χ0) is 18.4. The lowest BCUT2D eigenvalue weighted by atomic mass is 9.99. The molecular weight excluding hydrogens is 316 g/mol. The van der Waals surface area contributed by atoms with Crippen molar-refractivity contribution in [2.75, 3.05) is 19.6 Å². The highest BCUT2D eigenvalue weighted by atomic mass is 16.5. The monoisotopic (exact) mass is 344 g/mol. The van der Waals surface area contributed by atoms with Crippen LogP contribution < -0.4 is 4.74 Å². The molecule has 5 nitrogen and oxygen atoms in total. The standard InChI is InChI=1S/C20H28N2O3/c1-13(2)12-21-8-9-22(14(3)18(21)23)19(24)15-6-7-17-16(10-15)11-20(4,5)25-17/h6-7,10,13-14H,8-9,11-12H2,1-5H3. The number of carbonyl (C=O) groups excluding carboxylic acids is 2. The predicted molar refractivity (Wildman–Crippen MR) is 96.8 cm³/mol. The second-order valence-electron chi connectivity index (χ2n) is 8.21. The summed E-state index contributed by atoms with van der Waals surface area (Å²) in [7, 11) is 0. The molecule has 1 unspecified atom stereocenters. The smallest absolute Gasteiger partial charge is 0.254 e. The molecule has 0 aliphatic carbocycles. The van der Waals surface area contributed by atoms with Gasteiger partial charge >= 0.3 is 0 Å². The van der Waals surface area contributed by atoms with Gasteiger partial charge in [0.1, 0.15) is 17.4 Å². The van der Waals surface area contributed by atoms with Crippen molar-refractivity contribution in [2.45, 2.75) is 52.7 Å². The van der Waals surface area contributed by atoms with E-state index in [-0.39, 0.29) is 17.4 Å². The molecular formula is C20H28N2O3. The highest BCUT2D eigenvalue weighted by Crippen LogP contribution is 2.35. The molecule has 0 saturated carbocycles. The number of carbonyl (C=O) groups is 2. The minimum atomic E-state index is -0.416. The van der Waals surface area contributed by atoms with Gasteiger partial charge in [-0.3, -0.25) is 9.59 Å². The van der Waals surface area contributed by atoms with Crippen molar-refractivity contribution in [3.63, 3.8) is 0 Å². The van der Waals surface area contributed by atoms with Gasteiger partial charge in [0, 0.05) is 31.6 Å². The summed E-state index contributed by atoms with van der Waals surface area (Å²) >= 11 is 0. The van der Waals surface area contributed by atoms with Crippen LogP contribution in [0, 0.1) is 5.92 Å². The lowest BCUT2D eigenvalue weighted by Gasteiger charge is -2.39. The van der Waals surface area contributed by atoms with E-state index in [9.17, 15) is 9.59 Å². The maximum atomic E-state index is 13.0. The van der Waals surface area contributed by atoms with E-state index in [0.717, 1.165) is 24.3 Å². The highest BCUT2D eigenvalue weighted by Gasteiger charge is 2.36. The van der Waals surface area contributed by atoms with Gasteiger partial charge < -0.3 is 14.5 Å². The van der Waals surface area contributed by atoms with Gasteiger partial charge in [0.15, 0.2) is 0 Å². The van der Waals surface area contributed by atoms with E-state index >= 15 is 0 Å². The Bertz CT molecular complexity index is 696. The van der Waals surface area contributed by atoms with Gasteiger partial charge in [0.25, 0.3) is 5.91 Å². The second kappa shape index (κ2) is 6.36. The molecule has 0 bridgehead atoms. The number of piperazine rings is 1. The molecule has 1 saturated heterocycles. The van der Waals surface area contributed by atoms with E-state index in [1.165, 1.54) is 0 Å². The molecule has 0 radical (unpaired) electrons. The first-order valence-electron chi connectivity index (χ1n) is 9.09. The quantitative estimate of drug-likeness (QED) is 0.847. The first kappa shape index (κ1) is 17.8. The summed E-state index contributed by atoms with van der Waals surface area (Å²) in [4.78, 5) is 29.1. The lowest BCUT2D eigenvalue weighted by Crippen LogP contribution is -2.58. The van der Waals surface area contributed by atoms with Crippen molar-refractivity contribution in [1.82, 2.24) is 9.80 Å². The van der Waals surface area contributed by atoms with Crippen LogP contribution in [-0.4, -0.2) is 52.9 Å². The van der Waals surface area contributed by atoms with Gasteiger partial charge in [-0.15, -0.1) is 0 Å². The summed E-state index contributed by atoms with van der Waals surface area (Å²) < 4.78 is 5.88. The number of amides is 2. The first-order chi connectivity index (χ1) is 11.7. The summed E-state index contributed by atoms with van der Waals surface area (Å²) in [5.41, 5.74) is 1.47. The van der Waals surface area contributed by atoms with Crippen LogP contribution in [0.5, 0.6) is 5.75 Å². The summed E-state index contributed by atoms with van der Waals surface area (Å²) in [6, 6.07) is 5.18. The number of nitrogens with zero attached hydrogens (tertiary/aromatic N) is 2. The van der Waals surface area contributed by atoms with Crippen LogP contribution in [0.15, 0.2) is 18.2 Å². The Morgan fingerprint density at radius 2 is 2.04 bits per heavy atom. The Morgan fingerprint density at radius 3 is 2.72 bits per heavy atom. The molecule has 2 amide bonds. The third kappa shape index (κ3) is 3.51. The van der Waals surface area contributed by atoms with Crippen LogP contribution in [0.3, 0.4) is 0 Å². The van der Waals surface area contributed by atoms with Gasteiger partial charge in [-0.05, 0) is 50.5 Å². The van der Waals surface area contributed by atoms with Crippen molar-refractivity contribution < 1.29 is 14.3 Å². The Balaban J connectivity index is 1.75. The van der Waals surface area contributed by atoms with Crippen LogP contribution in [0.2, 0.25) is 0 Å². The van der Waals surface area contributed by atoms with Crippen LogP contribution in [0.4, 0.5) is 0 Å². The van der Waals surface area contributed by atoms with Crippen LogP contribution in [0.25, 0.3) is 0 Å². The highest BCUT2D eigenvalue weighted by molar-refractivity contribution is 5.98. The number of hydrogen-bond acceptors (Lipinski definition) is 3. The summed E-state index contributed by atoms with van der Waals surface area (Å²) in [5.74, 6) is 1.25. The van der Waals surface area contributed by atoms with Crippen molar-refractivity contribution in [2.24, 2.45) is 5.92 Å². The fourth-order valence-corrected chi connectivity index (χ4v) is 3.74. The first-order valence-corrected chi connectivity index (χ1v) is 9.09. The molecule has 1 aromatic carbocycles. The van der Waals surface area contributed by atoms with E-state index in [4.69, 9.17) is 4.74 Å². The SMILES string of the molecule is CC(C)CN1CCN(C(=O)c2ccc3c(c2)CC(C)(C)O3)C(C)C1=O. The molecule has 3 rings (SSSR count). The molecule has 2 aliphatic rings. The van der Waals surface area contributed by atoms with E-state index < -0.39 is 6.04 Å². The number of fused-ring (bicyclic) bond motifs is 1. The number of ether oxygens (including phenoxy) is 1. The molecule has 0 aromatic heterocycles. The summed E-state index contributed by atoms with van der Waals surface area (Å²) in [6.45, 7) is 12.0. The largest absolute Gasteiger partial charge is 0.487 e. The maximum Gasteiger partial charge on any atom is 0.254 e. The molecule has 2 heterocycles. The molecule has 0 N–H and O–H groups in total. The Hall–Kier alpha value is -2.04. The molecule has 0 spiro atoms. The number of hydrogen-bond donors (Lipinski definition) is 0. The third-order valence-corrected chi connectivity index (χ3v) is 4.90. The zero-order valence-electron chi connectivity index (χ0n) is 15.8. The van der Waals surface area contributed by atoms with Crippen molar-refractivity contribution in [3.8, 4) is 5.75 Å². The average Bonchev–Trinajstić information content (AvgIpc) is 2.83.